The third-order valence-corrected chi connectivity index (χ3v) is 2.97. The summed E-state index contributed by atoms with van der Waals surface area (Å²) in [5.74, 6) is 0. The van der Waals surface area contributed by atoms with Crippen LogP contribution in [0.1, 0.15) is 6.42 Å². The van der Waals surface area contributed by atoms with Crippen LogP contribution in [0, 0.1) is 0 Å². The number of nitrogens with zero attached hydrogens (tertiary/aromatic N) is 2. The van der Waals surface area contributed by atoms with E-state index < -0.39 is 30.6 Å². The van der Waals surface area contributed by atoms with Gasteiger partial charge in [0.25, 0.3) is 0 Å². The zero-order valence-electron chi connectivity index (χ0n) is 9.64. The Morgan fingerprint density at radius 3 is 2.47 bits per heavy atom. The molecule has 0 N–H and O–H groups in total. The van der Waals surface area contributed by atoms with Crippen LogP contribution in [0.2, 0.25) is 0 Å². The van der Waals surface area contributed by atoms with E-state index in [0.717, 1.165) is 6.21 Å². The summed E-state index contributed by atoms with van der Waals surface area (Å²) >= 11 is 0. The number of hydrazone groups is 1. The molecule has 1 aromatic rings. The van der Waals surface area contributed by atoms with Gasteiger partial charge in [-0.1, -0.05) is 18.2 Å². The quantitative estimate of drug-likeness (QED) is 0.613. The Labute approximate surface area is 106 Å². The monoisotopic (exact) mass is 274 g/mol. The van der Waals surface area contributed by atoms with Crippen molar-refractivity contribution in [1.82, 2.24) is 0 Å². The second kappa shape index (κ2) is 4.64. The first-order valence-electron chi connectivity index (χ1n) is 5.48. The summed E-state index contributed by atoms with van der Waals surface area (Å²) in [5.41, 5.74) is -3.27. The van der Waals surface area contributed by atoms with Crippen molar-refractivity contribution in [3.63, 3.8) is 0 Å². The predicted molar refractivity (Wildman–Crippen MR) is 61.8 cm³/mol. The molecule has 102 valence electrons. The number of rotatable bonds is 2. The van der Waals surface area contributed by atoms with Crippen LogP contribution in [0.4, 0.5) is 23.2 Å². The van der Waals surface area contributed by atoms with Crippen LogP contribution < -0.4 is 5.01 Å². The zero-order valence-corrected chi connectivity index (χ0v) is 9.64. The number of carbonyl (C=O) groups excluding carboxylic acids is 1. The molecule has 0 bridgehead atoms. The van der Waals surface area contributed by atoms with E-state index in [9.17, 15) is 22.4 Å². The lowest BCUT2D eigenvalue weighted by molar-refractivity contribution is -0.198. The van der Waals surface area contributed by atoms with E-state index in [4.69, 9.17) is 0 Å². The van der Waals surface area contributed by atoms with Gasteiger partial charge in [-0.3, -0.25) is 0 Å². The molecule has 0 spiro atoms. The lowest BCUT2D eigenvalue weighted by Crippen LogP contribution is -2.66. The van der Waals surface area contributed by atoms with Crippen molar-refractivity contribution in [2.45, 2.75) is 24.3 Å². The number of hydrogen-bond donors (Lipinski definition) is 0. The Morgan fingerprint density at radius 1 is 1.32 bits per heavy atom. The maximum absolute atomic E-state index is 13.9. The molecule has 19 heavy (non-hydrogen) atoms. The molecule has 0 amide bonds. The molecule has 0 saturated carbocycles. The number of hydrogen-bond acceptors (Lipinski definition) is 3. The highest BCUT2D eigenvalue weighted by molar-refractivity contribution is 5.79. The van der Waals surface area contributed by atoms with Crippen molar-refractivity contribution in [2.24, 2.45) is 5.10 Å². The first-order chi connectivity index (χ1) is 8.93. The number of alkyl halides is 4. The smallest absolute Gasteiger partial charge is 0.300 e. The lowest BCUT2D eigenvalue weighted by atomic mass is 9.89. The Hall–Kier alpha value is -1.92. The molecule has 1 heterocycles. The van der Waals surface area contributed by atoms with E-state index in [1.54, 1.807) is 6.07 Å². The predicted octanol–water partition coefficient (Wildman–Crippen LogP) is 2.72. The summed E-state index contributed by atoms with van der Waals surface area (Å²) in [4.78, 5) is 11.0. The maximum atomic E-state index is 13.9. The SMILES string of the molecule is O=CC1(C(F)(F)F)C(F)CC=NN1c1ccccc1. The average Bonchev–Trinajstić information content (AvgIpc) is 2.38. The van der Waals surface area contributed by atoms with Crippen LogP contribution in [0.3, 0.4) is 0 Å². The summed E-state index contributed by atoms with van der Waals surface area (Å²) in [6, 6.07) is 7.23. The third kappa shape index (κ3) is 1.98. The molecule has 2 rings (SSSR count). The van der Waals surface area contributed by atoms with Gasteiger partial charge in [-0.25, -0.2) is 9.40 Å². The van der Waals surface area contributed by atoms with Gasteiger partial charge in [-0.05, 0) is 12.1 Å². The zero-order chi connectivity index (χ0) is 14.1. The molecular weight excluding hydrogens is 264 g/mol. The van der Waals surface area contributed by atoms with Gasteiger partial charge < -0.3 is 4.79 Å². The van der Waals surface area contributed by atoms with Gasteiger partial charge in [-0.2, -0.15) is 18.3 Å². The lowest BCUT2D eigenvalue weighted by Gasteiger charge is -2.42. The molecule has 3 nitrogen and oxygen atoms in total. The Balaban J connectivity index is 2.59. The molecule has 0 radical (unpaired) electrons. The first kappa shape index (κ1) is 13.5. The highest BCUT2D eigenvalue weighted by atomic mass is 19.4. The molecule has 7 heteroatoms. The minimum Gasteiger partial charge on any atom is -0.300 e. The van der Waals surface area contributed by atoms with Crippen molar-refractivity contribution in [2.75, 3.05) is 5.01 Å². The summed E-state index contributed by atoms with van der Waals surface area (Å²) in [6.07, 6.45) is -7.40. The molecule has 0 fully saturated rings. The standard InChI is InChI=1S/C12H10F4N2O/c13-10-6-7-17-18(9-4-2-1-3-5-9)11(10,8-19)12(14,15)16/h1-5,7-8,10H,6H2. The molecule has 2 unspecified atom stereocenters. The molecule has 1 aliphatic heterocycles. The number of carbonyl (C=O) groups is 1. The van der Waals surface area contributed by atoms with Gasteiger partial charge in [0.15, 0.2) is 6.29 Å². The van der Waals surface area contributed by atoms with Crippen LogP contribution in [0.5, 0.6) is 0 Å². The third-order valence-electron chi connectivity index (χ3n) is 2.97. The maximum Gasteiger partial charge on any atom is 0.423 e. The Bertz CT molecular complexity index is 488. The normalized spacial score (nSPS) is 27.4. The van der Waals surface area contributed by atoms with Crippen molar-refractivity contribution < 1.29 is 22.4 Å². The minimum atomic E-state index is -5.07. The summed E-state index contributed by atoms with van der Waals surface area (Å²) in [5, 5.41) is 3.96. The van der Waals surface area contributed by atoms with Gasteiger partial charge in [0, 0.05) is 12.6 Å². The number of aldehydes is 1. The molecule has 0 aromatic heterocycles. The highest BCUT2D eigenvalue weighted by Gasteiger charge is 2.66. The van der Waals surface area contributed by atoms with Crippen LogP contribution in [0.15, 0.2) is 35.4 Å². The molecule has 1 aromatic carbocycles. The second-order valence-corrected chi connectivity index (χ2v) is 4.09. The van der Waals surface area contributed by atoms with Crippen LogP contribution in [0.25, 0.3) is 0 Å². The fourth-order valence-corrected chi connectivity index (χ4v) is 1.97. The van der Waals surface area contributed by atoms with Gasteiger partial charge in [0.2, 0.25) is 5.54 Å². The first-order valence-corrected chi connectivity index (χ1v) is 5.48. The molecule has 0 aliphatic carbocycles. The minimum absolute atomic E-state index is 0.00512. The van der Waals surface area contributed by atoms with Gasteiger partial charge in [0.1, 0.15) is 6.17 Å². The van der Waals surface area contributed by atoms with Crippen molar-refractivity contribution in [1.29, 1.82) is 0 Å². The van der Waals surface area contributed by atoms with Gasteiger partial charge in [0.05, 0.1) is 5.69 Å². The van der Waals surface area contributed by atoms with E-state index in [-0.39, 0.29) is 5.69 Å². The molecule has 0 saturated heterocycles. The summed E-state index contributed by atoms with van der Waals surface area (Å²) in [6.45, 7) is 0. The summed E-state index contributed by atoms with van der Waals surface area (Å²) in [7, 11) is 0. The van der Waals surface area contributed by atoms with E-state index in [1.165, 1.54) is 24.3 Å². The number of para-hydroxylation sites is 1. The van der Waals surface area contributed by atoms with E-state index >= 15 is 0 Å². The molecule has 2 atom stereocenters. The van der Waals surface area contributed by atoms with Crippen LogP contribution in [-0.2, 0) is 4.79 Å². The van der Waals surface area contributed by atoms with E-state index in [0.29, 0.717) is 5.01 Å². The second-order valence-electron chi connectivity index (χ2n) is 4.09. The number of halogens is 4. The average molecular weight is 274 g/mol. The van der Waals surface area contributed by atoms with Crippen molar-refractivity contribution >= 4 is 18.2 Å². The van der Waals surface area contributed by atoms with Crippen molar-refractivity contribution in [3.05, 3.63) is 30.3 Å². The summed E-state index contributed by atoms with van der Waals surface area (Å²) < 4.78 is 53.4. The topological polar surface area (TPSA) is 32.7 Å². The van der Waals surface area contributed by atoms with E-state index in [2.05, 4.69) is 5.10 Å². The highest BCUT2D eigenvalue weighted by Crippen LogP contribution is 2.43. The Kier molecular flexibility index (Phi) is 3.30. The molecular formula is C12H10F4N2O. The Morgan fingerprint density at radius 2 is 1.95 bits per heavy atom. The fraction of sp³-hybridized carbons (Fsp3) is 0.333. The van der Waals surface area contributed by atoms with Gasteiger partial charge in [-0.15, -0.1) is 0 Å². The van der Waals surface area contributed by atoms with Crippen LogP contribution in [-0.4, -0.2) is 30.4 Å². The van der Waals surface area contributed by atoms with E-state index in [1.807, 2.05) is 0 Å². The number of anilines is 1. The molecule has 1 aliphatic rings. The largest absolute Gasteiger partial charge is 0.423 e. The van der Waals surface area contributed by atoms with Crippen LogP contribution >= 0.6 is 0 Å². The van der Waals surface area contributed by atoms with Gasteiger partial charge >= 0.3 is 6.18 Å². The number of benzene rings is 1. The van der Waals surface area contributed by atoms with Crippen molar-refractivity contribution in [3.8, 4) is 0 Å². The fourth-order valence-electron chi connectivity index (χ4n) is 1.97.